The minimum absolute atomic E-state index is 0.0116. The number of rotatable bonds is 14. The van der Waals surface area contributed by atoms with Gasteiger partial charge in [0.15, 0.2) is 0 Å². The first-order valence-corrected chi connectivity index (χ1v) is 10.0. The van der Waals surface area contributed by atoms with Crippen LogP contribution in [0.25, 0.3) is 0 Å². The Kier molecular flexibility index (Phi) is 11.4. The summed E-state index contributed by atoms with van der Waals surface area (Å²) in [5.41, 5.74) is 0.0116. The first kappa shape index (κ1) is 20.9. The molecular formula is C22H38O2. The average molecular weight is 335 g/mol. The zero-order chi connectivity index (χ0) is 17.5. The van der Waals surface area contributed by atoms with E-state index >= 15 is 0 Å². The minimum atomic E-state index is 0.0116. The van der Waals surface area contributed by atoms with Crippen molar-refractivity contribution in [1.82, 2.24) is 0 Å². The van der Waals surface area contributed by atoms with E-state index in [1.54, 1.807) is 0 Å². The predicted molar refractivity (Wildman–Crippen MR) is 104 cm³/mol. The fraction of sp³-hybridized carbons (Fsp3) is 0.727. The molecule has 0 amide bonds. The summed E-state index contributed by atoms with van der Waals surface area (Å²) in [6.45, 7) is 8.08. The summed E-state index contributed by atoms with van der Waals surface area (Å²) >= 11 is 0. The normalized spacial score (nSPS) is 20.4. The van der Waals surface area contributed by atoms with E-state index in [1.807, 2.05) is 13.2 Å². The molecule has 1 aliphatic rings. The summed E-state index contributed by atoms with van der Waals surface area (Å²) < 4.78 is 11.3. The number of ether oxygens (including phenoxy) is 2. The van der Waals surface area contributed by atoms with Gasteiger partial charge in [0.2, 0.25) is 0 Å². The lowest BCUT2D eigenvalue weighted by atomic mass is 9.83. The molecule has 1 rings (SSSR count). The van der Waals surface area contributed by atoms with E-state index in [0.717, 1.165) is 31.8 Å². The summed E-state index contributed by atoms with van der Waals surface area (Å²) in [6, 6.07) is 0. The lowest BCUT2D eigenvalue weighted by Crippen LogP contribution is -2.14. The van der Waals surface area contributed by atoms with Crippen LogP contribution in [-0.4, -0.2) is 13.2 Å². The van der Waals surface area contributed by atoms with Crippen molar-refractivity contribution in [3.8, 4) is 0 Å². The van der Waals surface area contributed by atoms with Gasteiger partial charge in [0, 0.05) is 11.8 Å². The number of unbranched alkanes of at least 4 members (excludes halogenated alkanes) is 8. The van der Waals surface area contributed by atoms with Gasteiger partial charge in [0.25, 0.3) is 0 Å². The molecule has 0 saturated heterocycles. The zero-order valence-corrected chi connectivity index (χ0v) is 16.2. The SMILES string of the molecule is CCCCCCCCCCCOC=CC1(C)C=CC=C(OCC)C1. The molecule has 0 spiro atoms. The summed E-state index contributed by atoms with van der Waals surface area (Å²) in [6.07, 6.45) is 23.5. The van der Waals surface area contributed by atoms with Gasteiger partial charge in [0.05, 0.1) is 25.2 Å². The van der Waals surface area contributed by atoms with E-state index in [1.165, 1.54) is 51.4 Å². The van der Waals surface area contributed by atoms with Crippen LogP contribution in [-0.2, 0) is 9.47 Å². The molecular weight excluding hydrogens is 296 g/mol. The van der Waals surface area contributed by atoms with Crippen molar-refractivity contribution in [2.75, 3.05) is 13.2 Å². The van der Waals surface area contributed by atoms with Gasteiger partial charge in [0.1, 0.15) is 0 Å². The molecule has 138 valence electrons. The first-order valence-electron chi connectivity index (χ1n) is 10.0. The van der Waals surface area contributed by atoms with Crippen molar-refractivity contribution >= 4 is 0 Å². The molecule has 0 bridgehead atoms. The number of hydrogen-bond acceptors (Lipinski definition) is 2. The van der Waals surface area contributed by atoms with E-state index in [2.05, 4.69) is 38.2 Å². The highest BCUT2D eigenvalue weighted by atomic mass is 16.5. The molecule has 1 atom stereocenters. The predicted octanol–water partition coefficient (Wildman–Crippen LogP) is 6.93. The van der Waals surface area contributed by atoms with Crippen molar-refractivity contribution < 1.29 is 9.47 Å². The molecule has 0 fully saturated rings. The van der Waals surface area contributed by atoms with Crippen LogP contribution in [0, 0.1) is 5.41 Å². The van der Waals surface area contributed by atoms with E-state index in [4.69, 9.17) is 9.47 Å². The molecule has 0 aromatic heterocycles. The third-order valence-corrected chi connectivity index (χ3v) is 4.55. The van der Waals surface area contributed by atoms with Crippen LogP contribution in [0.5, 0.6) is 0 Å². The van der Waals surface area contributed by atoms with Gasteiger partial charge in [-0.25, -0.2) is 0 Å². The molecule has 1 aliphatic carbocycles. The van der Waals surface area contributed by atoms with Crippen molar-refractivity contribution in [1.29, 1.82) is 0 Å². The Bertz CT molecular complexity index is 395. The lowest BCUT2D eigenvalue weighted by Gasteiger charge is -2.25. The maximum Gasteiger partial charge on any atom is 0.0971 e. The summed E-state index contributed by atoms with van der Waals surface area (Å²) in [4.78, 5) is 0. The molecule has 2 heteroatoms. The second kappa shape index (κ2) is 13.1. The smallest absolute Gasteiger partial charge is 0.0971 e. The Hall–Kier alpha value is -1.18. The van der Waals surface area contributed by atoms with Crippen molar-refractivity contribution in [2.24, 2.45) is 5.41 Å². The van der Waals surface area contributed by atoms with E-state index in [-0.39, 0.29) is 5.41 Å². The van der Waals surface area contributed by atoms with E-state index in [0.29, 0.717) is 0 Å². The van der Waals surface area contributed by atoms with Crippen molar-refractivity contribution in [2.45, 2.75) is 85.0 Å². The Balaban J connectivity index is 2.02. The third kappa shape index (κ3) is 9.85. The Morgan fingerprint density at radius 1 is 1.00 bits per heavy atom. The molecule has 24 heavy (non-hydrogen) atoms. The zero-order valence-electron chi connectivity index (χ0n) is 16.2. The van der Waals surface area contributed by atoms with Gasteiger partial charge in [-0.2, -0.15) is 0 Å². The molecule has 0 aromatic carbocycles. The molecule has 0 aliphatic heterocycles. The lowest BCUT2D eigenvalue weighted by molar-refractivity contribution is 0.199. The summed E-state index contributed by atoms with van der Waals surface area (Å²) in [5, 5.41) is 0. The van der Waals surface area contributed by atoms with Gasteiger partial charge in [-0.3, -0.25) is 0 Å². The molecule has 0 saturated carbocycles. The van der Waals surface area contributed by atoms with Crippen LogP contribution >= 0.6 is 0 Å². The molecule has 0 heterocycles. The van der Waals surface area contributed by atoms with Crippen LogP contribution in [0.15, 0.2) is 36.3 Å². The van der Waals surface area contributed by atoms with Crippen LogP contribution in [0.2, 0.25) is 0 Å². The van der Waals surface area contributed by atoms with Crippen molar-refractivity contribution in [3.63, 3.8) is 0 Å². The highest BCUT2D eigenvalue weighted by molar-refractivity contribution is 5.24. The summed E-state index contributed by atoms with van der Waals surface area (Å²) in [7, 11) is 0. The molecule has 0 aromatic rings. The average Bonchev–Trinajstić information content (AvgIpc) is 2.56. The topological polar surface area (TPSA) is 18.5 Å². The number of allylic oxidation sites excluding steroid dienone is 5. The van der Waals surface area contributed by atoms with Crippen LogP contribution in [0.4, 0.5) is 0 Å². The third-order valence-electron chi connectivity index (χ3n) is 4.55. The Labute approximate surface area is 150 Å². The maximum absolute atomic E-state index is 5.68. The second-order valence-corrected chi connectivity index (χ2v) is 7.11. The van der Waals surface area contributed by atoms with E-state index < -0.39 is 0 Å². The second-order valence-electron chi connectivity index (χ2n) is 7.11. The fourth-order valence-electron chi connectivity index (χ4n) is 3.04. The van der Waals surface area contributed by atoms with Gasteiger partial charge in [-0.05, 0) is 25.5 Å². The van der Waals surface area contributed by atoms with Gasteiger partial charge >= 0.3 is 0 Å². The molecule has 0 radical (unpaired) electrons. The Morgan fingerprint density at radius 3 is 2.33 bits per heavy atom. The quantitative estimate of drug-likeness (QED) is 0.253. The van der Waals surface area contributed by atoms with E-state index in [9.17, 15) is 0 Å². The molecule has 1 unspecified atom stereocenters. The molecule has 2 nitrogen and oxygen atoms in total. The Morgan fingerprint density at radius 2 is 1.67 bits per heavy atom. The van der Waals surface area contributed by atoms with Crippen molar-refractivity contribution in [3.05, 3.63) is 36.3 Å². The minimum Gasteiger partial charge on any atom is -0.501 e. The van der Waals surface area contributed by atoms with Gasteiger partial charge in [-0.1, -0.05) is 77.4 Å². The molecule has 0 N–H and O–H groups in total. The van der Waals surface area contributed by atoms with Crippen LogP contribution < -0.4 is 0 Å². The standard InChI is InChI=1S/C22H38O2/c1-4-6-7-8-9-10-11-12-13-18-23-19-17-22(3)16-14-15-21(20-22)24-5-2/h14-17,19H,4-13,18,20H2,1-3H3. The maximum atomic E-state index is 5.68. The van der Waals surface area contributed by atoms with Crippen LogP contribution in [0.1, 0.15) is 85.0 Å². The highest BCUT2D eigenvalue weighted by Crippen LogP contribution is 2.33. The largest absolute Gasteiger partial charge is 0.501 e. The monoisotopic (exact) mass is 334 g/mol. The first-order chi connectivity index (χ1) is 11.7. The van der Waals surface area contributed by atoms with Gasteiger partial charge < -0.3 is 9.47 Å². The highest BCUT2D eigenvalue weighted by Gasteiger charge is 2.22. The number of hydrogen-bond donors (Lipinski definition) is 0. The van der Waals surface area contributed by atoms with Crippen LogP contribution in [0.3, 0.4) is 0 Å². The summed E-state index contributed by atoms with van der Waals surface area (Å²) in [5.74, 6) is 1.06. The fourth-order valence-corrected chi connectivity index (χ4v) is 3.04. The van der Waals surface area contributed by atoms with Gasteiger partial charge in [-0.15, -0.1) is 0 Å².